The molecular formula is C26H30ClFN4O4S. The van der Waals surface area contributed by atoms with Crippen molar-refractivity contribution in [1.82, 2.24) is 10.2 Å². The Hall–Kier alpha value is -2.53. The number of carbonyl (C=O) groups is 3. The van der Waals surface area contributed by atoms with Crippen LogP contribution in [0.25, 0.3) is 0 Å². The quantitative estimate of drug-likeness (QED) is 0.470. The summed E-state index contributed by atoms with van der Waals surface area (Å²) in [6.45, 7) is 1.46. The molecule has 8 nitrogen and oxygen atoms in total. The number of nitrogens with one attached hydrogen (secondary N) is 2. The van der Waals surface area contributed by atoms with Crippen molar-refractivity contribution in [3.05, 3.63) is 45.4 Å². The molecule has 1 aliphatic heterocycles. The number of ether oxygens (including phenoxy) is 1. The highest BCUT2D eigenvalue weighted by atomic mass is 35.5. The van der Waals surface area contributed by atoms with Gasteiger partial charge in [-0.2, -0.15) is 0 Å². The SMILES string of the molecule is O=C(NC[C@H](C(=O)Nc1ccc(N2CCOCC2=O)c(F)c1)N(CC1CC1)C1CCC1)c1ccc(Cl)s1. The van der Waals surface area contributed by atoms with E-state index in [0.29, 0.717) is 27.4 Å². The monoisotopic (exact) mass is 548 g/mol. The average molecular weight is 549 g/mol. The van der Waals surface area contributed by atoms with Gasteiger partial charge in [0.15, 0.2) is 0 Å². The lowest BCUT2D eigenvalue weighted by Crippen LogP contribution is -2.56. The summed E-state index contributed by atoms with van der Waals surface area (Å²) in [4.78, 5) is 42.5. The van der Waals surface area contributed by atoms with Crippen LogP contribution in [0.2, 0.25) is 4.34 Å². The summed E-state index contributed by atoms with van der Waals surface area (Å²) >= 11 is 7.17. The molecule has 37 heavy (non-hydrogen) atoms. The minimum Gasteiger partial charge on any atom is -0.370 e. The van der Waals surface area contributed by atoms with E-state index in [1.165, 1.54) is 28.4 Å². The topological polar surface area (TPSA) is 91.0 Å². The number of anilines is 2. The van der Waals surface area contributed by atoms with Crippen LogP contribution in [0.1, 0.15) is 41.8 Å². The molecule has 2 aliphatic carbocycles. The summed E-state index contributed by atoms with van der Waals surface area (Å²) in [5, 5.41) is 5.76. The fourth-order valence-electron chi connectivity index (χ4n) is 4.72. The standard InChI is InChI=1S/C26H30ClFN4O4S/c27-23-9-8-22(37-23)26(35)29-13-21(32(14-16-4-5-16)18-2-1-3-18)25(34)30-17-6-7-20(19(28)12-17)31-10-11-36-15-24(31)33/h6-9,12,16,18,21H,1-5,10-11,13-15H2,(H,29,35)(H,30,34)/t21-/m1/s1. The van der Waals surface area contributed by atoms with Gasteiger partial charge in [-0.05, 0) is 61.9 Å². The number of rotatable bonds is 10. The Morgan fingerprint density at radius 1 is 1.22 bits per heavy atom. The van der Waals surface area contributed by atoms with Crippen LogP contribution in [-0.4, -0.2) is 67.6 Å². The smallest absolute Gasteiger partial charge is 0.261 e. The molecule has 1 aromatic carbocycles. The second-order valence-electron chi connectivity index (χ2n) is 9.81. The maximum atomic E-state index is 15.0. The molecule has 1 aromatic heterocycles. The number of hydrogen-bond acceptors (Lipinski definition) is 6. The molecule has 3 aliphatic rings. The van der Waals surface area contributed by atoms with Crippen LogP contribution >= 0.6 is 22.9 Å². The third-order valence-corrected chi connectivity index (χ3v) is 8.39. The molecule has 198 valence electrons. The minimum absolute atomic E-state index is 0.0823. The molecule has 0 bridgehead atoms. The van der Waals surface area contributed by atoms with Crippen molar-refractivity contribution in [3.63, 3.8) is 0 Å². The van der Waals surface area contributed by atoms with Crippen molar-refractivity contribution in [2.75, 3.05) is 43.1 Å². The number of nitrogens with zero attached hydrogens (tertiary/aromatic N) is 2. The van der Waals surface area contributed by atoms with Crippen LogP contribution in [0.4, 0.5) is 15.8 Å². The van der Waals surface area contributed by atoms with Crippen molar-refractivity contribution in [3.8, 4) is 0 Å². The number of hydrogen-bond donors (Lipinski definition) is 2. The van der Waals surface area contributed by atoms with Gasteiger partial charge in [-0.15, -0.1) is 11.3 Å². The summed E-state index contributed by atoms with van der Waals surface area (Å²) in [6, 6.07) is 7.34. The van der Waals surface area contributed by atoms with E-state index in [0.717, 1.165) is 38.6 Å². The van der Waals surface area contributed by atoms with Gasteiger partial charge >= 0.3 is 0 Å². The number of carbonyl (C=O) groups excluding carboxylic acids is 3. The number of thiophene rings is 1. The van der Waals surface area contributed by atoms with Crippen LogP contribution < -0.4 is 15.5 Å². The molecule has 1 saturated heterocycles. The molecule has 0 spiro atoms. The molecule has 2 heterocycles. The molecule has 11 heteroatoms. The average Bonchev–Trinajstić information content (AvgIpc) is 3.55. The van der Waals surface area contributed by atoms with Crippen molar-refractivity contribution >= 4 is 52.0 Å². The highest BCUT2D eigenvalue weighted by Gasteiger charge is 2.38. The van der Waals surface area contributed by atoms with Gasteiger partial charge in [0, 0.05) is 31.4 Å². The van der Waals surface area contributed by atoms with Gasteiger partial charge in [-0.1, -0.05) is 18.0 Å². The molecule has 2 N–H and O–H groups in total. The first-order chi connectivity index (χ1) is 17.9. The Morgan fingerprint density at radius 2 is 2.03 bits per heavy atom. The molecule has 5 rings (SSSR count). The molecule has 0 unspecified atom stereocenters. The van der Waals surface area contributed by atoms with Crippen molar-refractivity contribution in [2.24, 2.45) is 5.92 Å². The van der Waals surface area contributed by atoms with E-state index in [4.69, 9.17) is 16.3 Å². The molecule has 1 atom stereocenters. The summed E-state index contributed by atoms with van der Waals surface area (Å²) in [5.74, 6) is -0.917. The van der Waals surface area contributed by atoms with Gasteiger partial charge in [0.25, 0.3) is 11.8 Å². The molecule has 2 aromatic rings. The van der Waals surface area contributed by atoms with Crippen molar-refractivity contribution < 1.29 is 23.5 Å². The van der Waals surface area contributed by atoms with Gasteiger partial charge in [0.2, 0.25) is 5.91 Å². The van der Waals surface area contributed by atoms with E-state index in [1.807, 2.05) is 0 Å². The molecule has 2 saturated carbocycles. The molecule has 3 amide bonds. The van der Waals surface area contributed by atoms with Gasteiger partial charge in [-0.25, -0.2) is 4.39 Å². The van der Waals surface area contributed by atoms with Crippen LogP contribution in [0, 0.1) is 11.7 Å². The van der Waals surface area contributed by atoms with Crippen molar-refractivity contribution in [1.29, 1.82) is 0 Å². The van der Waals surface area contributed by atoms with Gasteiger partial charge in [0.1, 0.15) is 18.5 Å². The first-order valence-corrected chi connectivity index (χ1v) is 13.9. The lowest BCUT2D eigenvalue weighted by Gasteiger charge is -2.42. The number of benzene rings is 1. The third kappa shape index (κ3) is 6.31. The van der Waals surface area contributed by atoms with Crippen LogP contribution in [0.3, 0.4) is 0 Å². The largest absolute Gasteiger partial charge is 0.370 e. The van der Waals surface area contributed by atoms with E-state index >= 15 is 0 Å². The summed E-state index contributed by atoms with van der Waals surface area (Å²) in [5.41, 5.74) is 0.461. The fraction of sp³-hybridized carbons (Fsp3) is 0.500. The second kappa shape index (κ2) is 11.5. The van der Waals surface area contributed by atoms with E-state index in [1.54, 1.807) is 18.2 Å². The summed E-state index contributed by atoms with van der Waals surface area (Å²) in [6.07, 6.45) is 5.44. The zero-order valence-electron chi connectivity index (χ0n) is 20.4. The lowest BCUT2D eigenvalue weighted by atomic mass is 9.89. The normalized spacial score (nSPS) is 19.0. The highest BCUT2D eigenvalue weighted by molar-refractivity contribution is 7.18. The Bertz CT molecular complexity index is 1170. The zero-order chi connectivity index (χ0) is 25.9. The predicted octanol–water partition coefficient (Wildman–Crippen LogP) is 3.91. The van der Waals surface area contributed by atoms with Crippen LogP contribution in [-0.2, 0) is 14.3 Å². The maximum Gasteiger partial charge on any atom is 0.261 e. The second-order valence-corrected chi connectivity index (χ2v) is 11.5. The maximum absolute atomic E-state index is 15.0. The van der Waals surface area contributed by atoms with E-state index in [-0.39, 0.29) is 49.1 Å². The van der Waals surface area contributed by atoms with Crippen LogP contribution in [0.15, 0.2) is 30.3 Å². The van der Waals surface area contributed by atoms with Gasteiger partial charge in [0.05, 0.1) is 21.5 Å². The number of amides is 3. The minimum atomic E-state index is -0.603. The molecule has 0 radical (unpaired) electrons. The molecular weight excluding hydrogens is 519 g/mol. The van der Waals surface area contributed by atoms with E-state index in [9.17, 15) is 18.8 Å². The lowest BCUT2D eigenvalue weighted by molar-refractivity contribution is -0.126. The number of morpholine rings is 1. The van der Waals surface area contributed by atoms with E-state index in [2.05, 4.69) is 15.5 Å². The third-order valence-electron chi connectivity index (χ3n) is 7.16. The van der Waals surface area contributed by atoms with Gasteiger partial charge in [-0.3, -0.25) is 19.3 Å². The van der Waals surface area contributed by atoms with Crippen LogP contribution in [0.5, 0.6) is 0 Å². The summed E-state index contributed by atoms with van der Waals surface area (Å²) in [7, 11) is 0. The Labute approximate surface area is 224 Å². The van der Waals surface area contributed by atoms with Crippen molar-refractivity contribution in [2.45, 2.75) is 44.2 Å². The zero-order valence-corrected chi connectivity index (χ0v) is 22.0. The Morgan fingerprint density at radius 3 is 2.65 bits per heavy atom. The van der Waals surface area contributed by atoms with Gasteiger partial charge < -0.3 is 20.3 Å². The predicted molar refractivity (Wildman–Crippen MR) is 141 cm³/mol. The first-order valence-electron chi connectivity index (χ1n) is 12.7. The summed E-state index contributed by atoms with van der Waals surface area (Å²) < 4.78 is 20.6. The Balaban J connectivity index is 1.31. The van der Waals surface area contributed by atoms with E-state index < -0.39 is 11.9 Å². The number of halogens is 2. The highest BCUT2D eigenvalue weighted by Crippen LogP contribution is 2.35. The fourth-order valence-corrected chi connectivity index (χ4v) is 5.68. The molecule has 3 fully saturated rings. The first kappa shape index (κ1) is 26.1. The Kier molecular flexibility index (Phi) is 8.09.